The van der Waals surface area contributed by atoms with E-state index in [0.29, 0.717) is 0 Å². The van der Waals surface area contributed by atoms with Gasteiger partial charge in [0, 0.05) is 12.1 Å². The fraction of sp³-hybridized carbons (Fsp3) is 1.00. The lowest BCUT2D eigenvalue weighted by molar-refractivity contribution is 0.140. The summed E-state index contributed by atoms with van der Waals surface area (Å²) in [5, 5.41) is 4.13. The van der Waals surface area contributed by atoms with Crippen LogP contribution in [0.4, 0.5) is 0 Å². The zero-order chi connectivity index (χ0) is 12.4. The highest BCUT2D eigenvalue weighted by Crippen LogP contribution is 2.65. The molecule has 5 fully saturated rings. The molecule has 0 aromatic heterocycles. The fourth-order valence-electron chi connectivity index (χ4n) is 6.85. The normalized spacial score (nSPS) is 58.7. The molecule has 5 aliphatic rings. The van der Waals surface area contributed by atoms with Gasteiger partial charge in [-0.1, -0.05) is 25.7 Å². The summed E-state index contributed by atoms with van der Waals surface area (Å²) in [6.45, 7) is 0. The van der Waals surface area contributed by atoms with Gasteiger partial charge in [-0.15, -0.1) is 0 Å². The molecular formula is C18H29N. The van der Waals surface area contributed by atoms with Crippen LogP contribution in [0.3, 0.4) is 0 Å². The molecule has 0 radical (unpaired) electrons. The standard InChI is InChI=1S/C18H29N/c1-2-4-12-10-15(8-7-11(12)3-1)19-18-16-13-5-6-14(9-13)17(16)18/h11-19H,1-10H2. The van der Waals surface area contributed by atoms with Crippen LogP contribution < -0.4 is 5.32 Å². The van der Waals surface area contributed by atoms with E-state index in [9.17, 15) is 0 Å². The van der Waals surface area contributed by atoms with Gasteiger partial charge in [0.1, 0.15) is 0 Å². The Hall–Kier alpha value is -0.0400. The van der Waals surface area contributed by atoms with Gasteiger partial charge in [0.15, 0.2) is 0 Å². The molecule has 0 aromatic rings. The van der Waals surface area contributed by atoms with Crippen molar-refractivity contribution in [2.75, 3.05) is 0 Å². The number of hydrogen-bond donors (Lipinski definition) is 1. The molecule has 5 aliphatic carbocycles. The highest BCUT2D eigenvalue weighted by molar-refractivity contribution is 5.17. The van der Waals surface area contributed by atoms with E-state index in [1.54, 1.807) is 32.1 Å². The van der Waals surface area contributed by atoms with E-state index >= 15 is 0 Å². The molecular weight excluding hydrogens is 230 g/mol. The summed E-state index contributed by atoms with van der Waals surface area (Å²) in [6.07, 6.45) is 15.4. The molecule has 1 N–H and O–H groups in total. The highest BCUT2D eigenvalue weighted by Gasteiger charge is 2.65. The largest absolute Gasteiger partial charge is 0.311 e. The van der Waals surface area contributed by atoms with Crippen LogP contribution in [-0.2, 0) is 0 Å². The lowest BCUT2D eigenvalue weighted by Crippen LogP contribution is -2.41. The molecule has 0 amide bonds. The van der Waals surface area contributed by atoms with E-state index in [1.165, 1.54) is 32.1 Å². The van der Waals surface area contributed by atoms with Crippen LogP contribution in [0.5, 0.6) is 0 Å². The minimum Gasteiger partial charge on any atom is -0.311 e. The second kappa shape index (κ2) is 4.23. The maximum Gasteiger partial charge on any atom is 0.0138 e. The van der Waals surface area contributed by atoms with Crippen molar-refractivity contribution in [1.29, 1.82) is 0 Å². The van der Waals surface area contributed by atoms with Crippen molar-refractivity contribution in [3.8, 4) is 0 Å². The third-order valence-corrected chi connectivity index (χ3v) is 7.70. The van der Waals surface area contributed by atoms with Gasteiger partial charge in [-0.05, 0) is 74.0 Å². The van der Waals surface area contributed by atoms with Crippen LogP contribution in [0, 0.1) is 35.5 Å². The van der Waals surface area contributed by atoms with Crippen molar-refractivity contribution in [3.05, 3.63) is 0 Å². The molecule has 0 spiro atoms. The second-order valence-electron chi connectivity index (χ2n) is 8.49. The quantitative estimate of drug-likeness (QED) is 0.791. The lowest BCUT2D eigenvalue weighted by atomic mass is 9.69. The van der Waals surface area contributed by atoms with Crippen LogP contribution in [0.25, 0.3) is 0 Å². The molecule has 106 valence electrons. The minimum atomic E-state index is 0.898. The molecule has 0 aliphatic heterocycles. The van der Waals surface area contributed by atoms with Gasteiger partial charge >= 0.3 is 0 Å². The first-order chi connectivity index (χ1) is 9.40. The Kier molecular flexibility index (Phi) is 2.58. The molecule has 1 nitrogen and oxygen atoms in total. The Morgan fingerprint density at radius 1 is 0.579 bits per heavy atom. The lowest BCUT2D eigenvalue weighted by Gasteiger charge is -2.40. The van der Waals surface area contributed by atoms with E-state index < -0.39 is 0 Å². The van der Waals surface area contributed by atoms with Crippen LogP contribution in [-0.4, -0.2) is 12.1 Å². The number of rotatable bonds is 2. The van der Waals surface area contributed by atoms with Gasteiger partial charge in [-0.2, -0.15) is 0 Å². The van der Waals surface area contributed by atoms with Crippen molar-refractivity contribution < 1.29 is 0 Å². The van der Waals surface area contributed by atoms with E-state index in [0.717, 1.165) is 47.6 Å². The van der Waals surface area contributed by atoms with Gasteiger partial charge in [-0.3, -0.25) is 0 Å². The Bertz CT molecular complexity index is 349. The maximum atomic E-state index is 4.13. The third-order valence-electron chi connectivity index (χ3n) is 7.70. The molecule has 7 unspecified atom stereocenters. The molecule has 7 atom stereocenters. The smallest absolute Gasteiger partial charge is 0.0138 e. The summed E-state index contributed by atoms with van der Waals surface area (Å²) in [5.74, 6) is 6.74. The van der Waals surface area contributed by atoms with Crippen molar-refractivity contribution in [2.45, 2.75) is 76.3 Å². The summed E-state index contributed by atoms with van der Waals surface area (Å²) in [4.78, 5) is 0. The fourth-order valence-corrected chi connectivity index (χ4v) is 6.85. The monoisotopic (exact) mass is 259 g/mol. The molecule has 5 rings (SSSR count). The van der Waals surface area contributed by atoms with Crippen LogP contribution in [0.1, 0.15) is 64.2 Å². The number of fused-ring (bicyclic) bond motifs is 6. The van der Waals surface area contributed by atoms with Gasteiger partial charge in [0.2, 0.25) is 0 Å². The Labute approximate surface area is 117 Å². The highest BCUT2D eigenvalue weighted by atomic mass is 15.0. The predicted molar refractivity (Wildman–Crippen MR) is 77.8 cm³/mol. The van der Waals surface area contributed by atoms with Gasteiger partial charge < -0.3 is 5.32 Å². The van der Waals surface area contributed by atoms with Crippen LogP contribution in [0.2, 0.25) is 0 Å². The first kappa shape index (κ1) is 11.6. The Morgan fingerprint density at radius 3 is 2.05 bits per heavy atom. The van der Waals surface area contributed by atoms with E-state index in [4.69, 9.17) is 0 Å². The minimum absolute atomic E-state index is 0.898. The Morgan fingerprint density at radius 2 is 1.26 bits per heavy atom. The third kappa shape index (κ3) is 1.76. The zero-order valence-corrected chi connectivity index (χ0v) is 12.2. The number of hydrogen-bond acceptors (Lipinski definition) is 1. The summed E-state index contributed by atoms with van der Waals surface area (Å²) < 4.78 is 0. The molecule has 5 saturated carbocycles. The van der Waals surface area contributed by atoms with E-state index in [1.807, 2.05) is 0 Å². The predicted octanol–water partition coefficient (Wildman–Crippen LogP) is 3.98. The maximum absolute atomic E-state index is 4.13. The summed E-state index contributed by atoms with van der Waals surface area (Å²) in [6, 6.07) is 1.87. The van der Waals surface area contributed by atoms with Crippen molar-refractivity contribution in [1.82, 2.24) is 5.32 Å². The van der Waals surface area contributed by atoms with E-state index in [-0.39, 0.29) is 0 Å². The summed E-state index contributed by atoms with van der Waals surface area (Å²) >= 11 is 0. The molecule has 0 saturated heterocycles. The first-order valence-corrected chi connectivity index (χ1v) is 9.16. The second-order valence-corrected chi connectivity index (χ2v) is 8.49. The molecule has 1 heteroatoms. The SMILES string of the molecule is C1CCC2CC(NC3C4C5CCC(C5)C34)CCC2C1. The Balaban J connectivity index is 1.20. The van der Waals surface area contributed by atoms with Gasteiger partial charge in [0.25, 0.3) is 0 Å². The van der Waals surface area contributed by atoms with Crippen LogP contribution in [0.15, 0.2) is 0 Å². The van der Waals surface area contributed by atoms with Gasteiger partial charge in [0.05, 0.1) is 0 Å². The number of nitrogens with one attached hydrogen (secondary N) is 1. The molecule has 0 heterocycles. The average Bonchev–Trinajstić information content (AvgIpc) is 2.85. The molecule has 19 heavy (non-hydrogen) atoms. The first-order valence-electron chi connectivity index (χ1n) is 9.16. The van der Waals surface area contributed by atoms with Crippen molar-refractivity contribution in [2.24, 2.45) is 35.5 Å². The van der Waals surface area contributed by atoms with Gasteiger partial charge in [-0.25, -0.2) is 0 Å². The topological polar surface area (TPSA) is 12.0 Å². The van der Waals surface area contributed by atoms with Crippen molar-refractivity contribution in [3.63, 3.8) is 0 Å². The molecule has 0 aromatic carbocycles. The average molecular weight is 259 g/mol. The summed E-state index contributed by atoms with van der Waals surface area (Å²) in [7, 11) is 0. The van der Waals surface area contributed by atoms with Crippen molar-refractivity contribution >= 4 is 0 Å². The van der Waals surface area contributed by atoms with Crippen LogP contribution >= 0.6 is 0 Å². The zero-order valence-electron chi connectivity index (χ0n) is 12.2. The summed E-state index contributed by atoms with van der Waals surface area (Å²) in [5.41, 5.74) is 0. The molecule has 2 bridgehead atoms. The van der Waals surface area contributed by atoms with E-state index in [2.05, 4.69) is 5.32 Å².